The molecule has 1 aromatic rings. The number of aliphatic hydroxyl groups excluding tert-OH is 4. The van der Waals surface area contributed by atoms with Gasteiger partial charge in [0, 0.05) is 0 Å². The Morgan fingerprint density at radius 1 is 1.35 bits per heavy atom. The summed E-state index contributed by atoms with van der Waals surface area (Å²) in [5.74, 6) is 0.519. The summed E-state index contributed by atoms with van der Waals surface area (Å²) in [5.41, 5.74) is 0.808. The molecule has 0 radical (unpaired) electrons. The number of hydrogen-bond donors (Lipinski definition) is 5. The van der Waals surface area contributed by atoms with Gasteiger partial charge in [-0.2, -0.15) is 0 Å². The molecule has 0 aromatic carbocycles. The van der Waals surface area contributed by atoms with E-state index in [4.69, 9.17) is 5.11 Å². The third-order valence-electron chi connectivity index (χ3n) is 3.65. The van der Waals surface area contributed by atoms with Gasteiger partial charge in [0.2, 0.25) is 0 Å². The van der Waals surface area contributed by atoms with E-state index in [2.05, 4.69) is 15.3 Å². The molecule has 0 unspecified atom stereocenters. The van der Waals surface area contributed by atoms with Crippen molar-refractivity contribution in [1.82, 2.24) is 9.55 Å². The number of imidazole rings is 1. The Bertz CT molecular complexity index is 568. The maximum atomic E-state index is 10.1. The lowest BCUT2D eigenvalue weighted by molar-refractivity contribution is 0.0284. The van der Waals surface area contributed by atoms with E-state index in [0.717, 1.165) is 0 Å². The predicted molar refractivity (Wildman–Crippen MR) is 70.4 cm³/mol. The Hall–Kier alpha value is -1.74. The maximum Gasteiger partial charge on any atom is 0.137 e. The van der Waals surface area contributed by atoms with Gasteiger partial charge in [-0.1, -0.05) is 6.08 Å². The van der Waals surface area contributed by atoms with Crippen LogP contribution in [0.2, 0.25) is 0 Å². The third-order valence-corrected chi connectivity index (χ3v) is 3.65. The molecule has 0 saturated carbocycles. The number of fused-ring (bicyclic) bond motifs is 1. The molecule has 3 rings (SSSR count). The predicted octanol–water partition coefficient (Wildman–Crippen LogP) is -1.43. The number of nitrogens with one attached hydrogen (secondary N) is 1. The first-order valence-corrected chi connectivity index (χ1v) is 6.30. The molecule has 8 nitrogen and oxygen atoms in total. The SMILES string of the molecule is OCC1=C[C@@H](n2cnc3c2NC=NC[C@@H]3O)[C@H](O)[C@H]1O. The van der Waals surface area contributed by atoms with E-state index in [1.165, 1.54) is 12.7 Å². The van der Waals surface area contributed by atoms with Crippen molar-refractivity contribution in [2.75, 3.05) is 18.5 Å². The van der Waals surface area contributed by atoms with E-state index in [9.17, 15) is 15.3 Å². The molecule has 0 fully saturated rings. The molecule has 108 valence electrons. The van der Waals surface area contributed by atoms with Crippen LogP contribution in [0.25, 0.3) is 0 Å². The number of anilines is 1. The van der Waals surface area contributed by atoms with E-state index in [-0.39, 0.29) is 13.2 Å². The summed E-state index contributed by atoms with van der Waals surface area (Å²) in [6.45, 7) is -0.103. The Labute approximate surface area is 114 Å². The van der Waals surface area contributed by atoms with Crippen LogP contribution in [0, 0.1) is 0 Å². The summed E-state index contributed by atoms with van der Waals surface area (Å²) < 4.78 is 1.62. The summed E-state index contributed by atoms with van der Waals surface area (Å²) in [4.78, 5) is 8.10. The van der Waals surface area contributed by atoms with Gasteiger partial charge in [0.1, 0.15) is 29.8 Å². The second-order valence-electron chi connectivity index (χ2n) is 4.87. The molecule has 0 bridgehead atoms. The first-order chi connectivity index (χ1) is 9.63. The number of aromatic nitrogens is 2. The lowest BCUT2D eigenvalue weighted by atomic mass is 10.1. The van der Waals surface area contributed by atoms with Crippen LogP contribution in [0.4, 0.5) is 5.82 Å². The zero-order valence-electron chi connectivity index (χ0n) is 10.6. The smallest absolute Gasteiger partial charge is 0.137 e. The van der Waals surface area contributed by atoms with Crippen LogP contribution in [0.15, 0.2) is 23.0 Å². The van der Waals surface area contributed by atoms with Crippen molar-refractivity contribution in [1.29, 1.82) is 0 Å². The molecule has 2 aliphatic rings. The van der Waals surface area contributed by atoms with E-state index in [0.29, 0.717) is 17.1 Å². The maximum absolute atomic E-state index is 10.1. The molecule has 8 heteroatoms. The second kappa shape index (κ2) is 4.98. The Morgan fingerprint density at radius 3 is 2.85 bits per heavy atom. The van der Waals surface area contributed by atoms with Crippen LogP contribution >= 0.6 is 0 Å². The zero-order valence-corrected chi connectivity index (χ0v) is 10.6. The Kier molecular flexibility index (Phi) is 3.30. The van der Waals surface area contributed by atoms with Gasteiger partial charge in [-0.15, -0.1) is 0 Å². The summed E-state index contributed by atoms with van der Waals surface area (Å²) in [7, 11) is 0. The first kappa shape index (κ1) is 13.3. The van der Waals surface area contributed by atoms with Crippen LogP contribution in [0.5, 0.6) is 0 Å². The Balaban J connectivity index is 2.00. The zero-order chi connectivity index (χ0) is 14.3. The summed E-state index contributed by atoms with van der Waals surface area (Å²) in [6.07, 6.45) is 1.55. The molecular weight excluding hydrogens is 264 g/mol. The minimum Gasteiger partial charge on any atom is -0.392 e. The van der Waals surface area contributed by atoms with E-state index >= 15 is 0 Å². The standard InChI is InChI=1S/C12H16N4O4/c17-3-6-1-7(11(20)10(6)19)16-5-15-9-8(18)2-13-4-14-12(9)16/h1,4-5,7-8,10-11,17-20H,2-3H2,(H,13,14)/t7-,8+,10+,11+/m1/s1. The number of aliphatic hydroxyl groups is 4. The van der Waals surface area contributed by atoms with Crippen molar-refractivity contribution in [3.63, 3.8) is 0 Å². The Morgan fingerprint density at radius 2 is 2.15 bits per heavy atom. The number of rotatable bonds is 2. The second-order valence-corrected chi connectivity index (χ2v) is 4.87. The molecule has 4 atom stereocenters. The summed E-state index contributed by atoms with van der Waals surface area (Å²) >= 11 is 0. The topological polar surface area (TPSA) is 123 Å². The van der Waals surface area contributed by atoms with Gasteiger partial charge in [-0.05, 0) is 5.57 Å². The van der Waals surface area contributed by atoms with E-state index in [1.54, 1.807) is 10.6 Å². The fourth-order valence-electron chi connectivity index (χ4n) is 2.55. The highest BCUT2D eigenvalue weighted by Gasteiger charge is 2.37. The van der Waals surface area contributed by atoms with Gasteiger partial charge in [0.15, 0.2) is 0 Å². The fraction of sp³-hybridized carbons (Fsp3) is 0.500. The van der Waals surface area contributed by atoms with E-state index < -0.39 is 24.4 Å². The highest BCUT2D eigenvalue weighted by molar-refractivity contribution is 5.76. The van der Waals surface area contributed by atoms with Gasteiger partial charge in [0.25, 0.3) is 0 Å². The summed E-state index contributed by atoms with van der Waals surface area (Å²) in [5, 5.41) is 41.9. The molecule has 1 aliphatic carbocycles. The largest absolute Gasteiger partial charge is 0.392 e. The highest BCUT2D eigenvalue weighted by atomic mass is 16.3. The molecule has 0 saturated heterocycles. The quantitative estimate of drug-likeness (QED) is 0.423. The number of nitrogens with zero attached hydrogens (tertiary/aromatic N) is 3. The lowest BCUT2D eigenvalue weighted by Crippen LogP contribution is -2.30. The van der Waals surface area contributed by atoms with Crippen molar-refractivity contribution >= 4 is 12.2 Å². The molecule has 20 heavy (non-hydrogen) atoms. The normalized spacial score (nSPS) is 32.5. The van der Waals surface area contributed by atoms with Gasteiger partial charge in [-0.3, -0.25) is 4.99 Å². The van der Waals surface area contributed by atoms with Crippen LogP contribution in [-0.2, 0) is 0 Å². The van der Waals surface area contributed by atoms with Crippen molar-refractivity contribution in [2.45, 2.75) is 24.4 Å². The van der Waals surface area contributed by atoms with Crippen molar-refractivity contribution in [2.24, 2.45) is 4.99 Å². The average Bonchev–Trinajstić information content (AvgIpc) is 2.92. The van der Waals surface area contributed by atoms with Gasteiger partial charge in [-0.25, -0.2) is 4.98 Å². The number of aliphatic imine (C=N–C) groups is 1. The van der Waals surface area contributed by atoms with Crippen molar-refractivity contribution in [3.05, 3.63) is 23.7 Å². The van der Waals surface area contributed by atoms with Crippen molar-refractivity contribution in [3.8, 4) is 0 Å². The van der Waals surface area contributed by atoms with Gasteiger partial charge >= 0.3 is 0 Å². The van der Waals surface area contributed by atoms with Crippen LogP contribution in [0.3, 0.4) is 0 Å². The van der Waals surface area contributed by atoms with Gasteiger partial charge < -0.3 is 30.3 Å². The monoisotopic (exact) mass is 280 g/mol. The average molecular weight is 280 g/mol. The molecule has 5 N–H and O–H groups in total. The lowest BCUT2D eigenvalue weighted by Gasteiger charge is -2.20. The fourth-order valence-corrected chi connectivity index (χ4v) is 2.55. The van der Waals surface area contributed by atoms with Crippen LogP contribution in [-0.4, -0.2) is 61.7 Å². The number of hydrogen-bond acceptors (Lipinski definition) is 7. The van der Waals surface area contributed by atoms with E-state index in [1.807, 2.05) is 0 Å². The van der Waals surface area contributed by atoms with Crippen LogP contribution < -0.4 is 5.32 Å². The third kappa shape index (κ3) is 1.93. The molecule has 0 amide bonds. The highest BCUT2D eigenvalue weighted by Crippen LogP contribution is 2.34. The molecule has 1 aromatic heterocycles. The first-order valence-electron chi connectivity index (χ1n) is 6.30. The summed E-state index contributed by atoms with van der Waals surface area (Å²) in [6, 6.07) is -0.561. The molecule has 2 heterocycles. The minimum atomic E-state index is -1.10. The van der Waals surface area contributed by atoms with Crippen LogP contribution in [0.1, 0.15) is 17.8 Å². The van der Waals surface area contributed by atoms with Gasteiger partial charge in [0.05, 0.1) is 31.9 Å². The minimum absolute atomic E-state index is 0.213. The molecule has 0 spiro atoms. The molecular formula is C12H16N4O4. The molecule has 1 aliphatic heterocycles. The van der Waals surface area contributed by atoms with Crippen molar-refractivity contribution < 1.29 is 20.4 Å².